The predicted octanol–water partition coefficient (Wildman–Crippen LogP) is 1.60. The zero-order valence-electron chi connectivity index (χ0n) is 14.4. The van der Waals surface area contributed by atoms with E-state index < -0.39 is 6.10 Å². The molecule has 0 aliphatic carbocycles. The molecule has 0 spiro atoms. The fraction of sp³-hybridized carbons (Fsp3) is 0.421. The molecule has 1 aromatic carbocycles. The molecule has 0 radical (unpaired) electrons. The number of hydrogen-bond acceptors (Lipinski definition) is 5. The van der Waals surface area contributed by atoms with E-state index in [1.807, 2.05) is 30.3 Å². The molecular weight excluding hydrogens is 320 g/mol. The summed E-state index contributed by atoms with van der Waals surface area (Å²) in [5.74, 6) is 0.471. The molecule has 0 saturated carbocycles. The van der Waals surface area contributed by atoms with E-state index in [9.17, 15) is 9.90 Å². The number of aliphatic hydroxyl groups is 1. The van der Waals surface area contributed by atoms with Crippen molar-refractivity contribution in [3.63, 3.8) is 0 Å². The summed E-state index contributed by atoms with van der Waals surface area (Å²) in [6.07, 6.45) is 2.55. The highest BCUT2D eigenvalue weighted by atomic mass is 16.5. The first-order chi connectivity index (χ1) is 12.1. The molecule has 1 amide bonds. The summed E-state index contributed by atoms with van der Waals surface area (Å²) >= 11 is 0. The molecule has 1 saturated heterocycles. The lowest BCUT2D eigenvalue weighted by atomic mass is 10.2. The number of nitrogens with zero attached hydrogens (tertiary/aromatic N) is 2. The Morgan fingerprint density at radius 1 is 1.36 bits per heavy atom. The van der Waals surface area contributed by atoms with E-state index in [1.54, 1.807) is 13.1 Å². The number of amides is 1. The van der Waals surface area contributed by atoms with E-state index in [1.165, 1.54) is 11.0 Å². The lowest BCUT2D eigenvalue weighted by Crippen LogP contribution is -2.44. The second-order valence-electron chi connectivity index (χ2n) is 6.31. The summed E-state index contributed by atoms with van der Waals surface area (Å²) in [5, 5.41) is 11.2. The second-order valence-corrected chi connectivity index (χ2v) is 6.31. The molecule has 6 heteroatoms. The minimum absolute atomic E-state index is 0.165. The smallest absolute Gasteiger partial charge is 0.246 e. The lowest BCUT2D eigenvalue weighted by Gasteiger charge is -2.29. The van der Waals surface area contributed by atoms with Crippen molar-refractivity contribution in [3.05, 3.63) is 42.2 Å². The summed E-state index contributed by atoms with van der Waals surface area (Å²) in [6, 6.07) is 9.61. The highest BCUT2D eigenvalue weighted by Gasteiger charge is 2.17. The van der Waals surface area contributed by atoms with Gasteiger partial charge in [0.25, 0.3) is 0 Å². The van der Waals surface area contributed by atoms with Gasteiger partial charge in [0.05, 0.1) is 19.3 Å². The molecule has 1 aliphatic rings. The largest absolute Gasteiger partial charge is 0.457 e. The van der Waals surface area contributed by atoms with Crippen molar-refractivity contribution in [2.75, 3.05) is 46.4 Å². The van der Waals surface area contributed by atoms with Crippen molar-refractivity contribution in [2.24, 2.45) is 0 Å². The average Bonchev–Trinajstić information content (AvgIpc) is 3.03. The maximum Gasteiger partial charge on any atom is 0.246 e. The first-order valence-corrected chi connectivity index (χ1v) is 8.52. The van der Waals surface area contributed by atoms with Crippen molar-refractivity contribution < 1.29 is 19.1 Å². The Kier molecular flexibility index (Phi) is 5.86. The topological polar surface area (TPSA) is 66.2 Å². The second kappa shape index (κ2) is 8.29. The monoisotopic (exact) mass is 344 g/mol. The number of fused-ring (bicyclic) bond motifs is 1. The van der Waals surface area contributed by atoms with Gasteiger partial charge in [0.1, 0.15) is 11.3 Å². The van der Waals surface area contributed by atoms with Crippen molar-refractivity contribution in [3.8, 4) is 0 Å². The van der Waals surface area contributed by atoms with Crippen molar-refractivity contribution in [2.45, 2.75) is 6.10 Å². The van der Waals surface area contributed by atoms with Crippen LogP contribution in [0.15, 0.2) is 40.8 Å². The Bertz CT molecular complexity index is 701. The summed E-state index contributed by atoms with van der Waals surface area (Å²) in [5.41, 5.74) is 0.795. The maximum atomic E-state index is 12.2. The maximum absolute atomic E-state index is 12.2. The molecule has 134 valence electrons. The summed E-state index contributed by atoms with van der Waals surface area (Å²) < 4.78 is 10.9. The minimum atomic E-state index is -0.577. The average molecular weight is 344 g/mol. The van der Waals surface area contributed by atoms with Crippen LogP contribution >= 0.6 is 0 Å². The van der Waals surface area contributed by atoms with Gasteiger partial charge in [-0.2, -0.15) is 0 Å². The molecule has 1 aliphatic heterocycles. The standard InChI is InChI=1S/C19H24N2O4/c1-20(13-16(22)14-21-8-10-24-11-9-21)19(23)7-6-17-12-15-4-2-3-5-18(15)25-17/h2-7,12,16,22H,8-11,13-14H2,1H3. The Morgan fingerprint density at radius 3 is 2.88 bits per heavy atom. The zero-order chi connectivity index (χ0) is 17.6. The van der Waals surface area contributed by atoms with Crippen LogP contribution in [0.2, 0.25) is 0 Å². The Morgan fingerprint density at radius 2 is 2.12 bits per heavy atom. The van der Waals surface area contributed by atoms with Crippen molar-refractivity contribution in [1.82, 2.24) is 9.80 Å². The molecule has 1 aromatic heterocycles. The molecule has 2 heterocycles. The number of ether oxygens (including phenoxy) is 1. The van der Waals surface area contributed by atoms with Crippen LogP contribution in [0, 0.1) is 0 Å². The number of aliphatic hydroxyl groups excluding tert-OH is 1. The first kappa shape index (κ1) is 17.7. The number of rotatable bonds is 6. The van der Waals surface area contributed by atoms with Crippen LogP contribution < -0.4 is 0 Å². The fourth-order valence-corrected chi connectivity index (χ4v) is 2.91. The van der Waals surface area contributed by atoms with E-state index in [0.29, 0.717) is 32.1 Å². The van der Waals surface area contributed by atoms with Crippen LogP contribution in [0.25, 0.3) is 17.0 Å². The van der Waals surface area contributed by atoms with E-state index >= 15 is 0 Å². The number of carbonyl (C=O) groups is 1. The lowest BCUT2D eigenvalue weighted by molar-refractivity contribution is -0.126. The van der Waals surface area contributed by atoms with Crippen molar-refractivity contribution >= 4 is 23.0 Å². The van der Waals surface area contributed by atoms with Crippen molar-refractivity contribution in [1.29, 1.82) is 0 Å². The Balaban J connectivity index is 1.51. The summed E-state index contributed by atoms with van der Waals surface area (Å²) in [4.78, 5) is 15.9. The number of para-hydroxylation sites is 1. The van der Waals surface area contributed by atoms with Gasteiger partial charge in [-0.15, -0.1) is 0 Å². The van der Waals surface area contributed by atoms with Gasteiger partial charge in [0.15, 0.2) is 0 Å². The highest BCUT2D eigenvalue weighted by molar-refractivity contribution is 5.92. The SMILES string of the molecule is CN(CC(O)CN1CCOCC1)C(=O)C=Cc1cc2ccccc2o1. The summed E-state index contributed by atoms with van der Waals surface area (Å²) in [6.45, 7) is 3.87. The third-order valence-corrected chi connectivity index (χ3v) is 4.27. The normalized spacial score (nSPS) is 17.2. The number of β-amino-alcohol motifs (C(OH)–C–C–N with tert-alkyl or cyclic N) is 1. The number of hydrogen-bond donors (Lipinski definition) is 1. The van der Waals surface area contributed by atoms with Crippen LogP contribution in [0.5, 0.6) is 0 Å². The van der Waals surface area contributed by atoms with Gasteiger partial charge in [0.2, 0.25) is 5.91 Å². The molecule has 6 nitrogen and oxygen atoms in total. The van der Waals surface area contributed by atoms with E-state index in [4.69, 9.17) is 9.15 Å². The quantitative estimate of drug-likeness (QED) is 0.807. The van der Waals surface area contributed by atoms with Crippen LogP contribution in [-0.2, 0) is 9.53 Å². The minimum Gasteiger partial charge on any atom is -0.457 e. The van der Waals surface area contributed by atoms with Gasteiger partial charge in [-0.25, -0.2) is 0 Å². The molecule has 0 bridgehead atoms. The van der Waals surface area contributed by atoms with Gasteiger partial charge in [0, 0.05) is 44.7 Å². The van der Waals surface area contributed by atoms with Gasteiger partial charge in [-0.05, 0) is 18.2 Å². The number of likely N-dealkylation sites (N-methyl/N-ethyl adjacent to an activating group) is 1. The first-order valence-electron chi connectivity index (χ1n) is 8.52. The van der Waals surface area contributed by atoms with Crippen LogP contribution in [0.3, 0.4) is 0 Å². The Labute approximate surface area is 147 Å². The van der Waals surface area contributed by atoms with Gasteiger partial charge >= 0.3 is 0 Å². The molecule has 1 unspecified atom stereocenters. The molecule has 1 fully saturated rings. The third kappa shape index (κ3) is 4.92. The zero-order valence-corrected chi connectivity index (χ0v) is 14.4. The number of morpholine rings is 1. The molecule has 3 rings (SSSR count). The molecule has 1 N–H and O–H groups in total. The van der Waals surface area contributed by atoms with E-state index in [2.05, 4.69) is 4.90 Å². The van der Waals surface area contributed by atoms with E-state index in [0.717, 1.165) is 24.1 Å². The third-order valence-electron chi connectivity index (χ3n) is 4.27. The van der Waals surface area contributed by atoms with Crippen LogP contribution in [0.1, 0.15) is 5.76 Å². The Hall–Kier alpha value is -2.15. The van der Waals surface area contributed by atoms with Crippen LogP contribution in [-0.4, -0.2) is 73.4 Å². The van der Waals surface area contributed by atoms with Gasteiger partial charge in [-0.3, -0.25) is 9.69 Å². The molecule has 2 aromatic rings. The van der Waals surface area contributed by atoms with Gasteiger partial charge in [-0.1, -0.05) is 18.2 Å². The van der Waals surface area contributed by atoms with E-state index in [-0.39, 0.29) is 5.91 Å². The van der Waals surface area contributed by atoms with Crippen LogP contribution in [0.4, 0.5) is 0 Å². The summed E-state index contributed by atoms with van der Waals surface area (Å²) in [7, 11) is 1.69. The predicted molar refractivity (Wildman–Crippen MR) is 96.2 cm³/mol. The number of furan rings is 1. The highest BCUT2D eigenvalue weighted by Crippen LogP contribution is 2.19. The number of carbonyl (C=O) groups excluding carboxylic acids is 1. The molecule has 25 heavy (non-hydrogen) atoms. The number of benzene rings is 1. The fourth-order valence-electron chi connectivity index (χ4n) is 2.91. The molecular formula is C19H24N2O4. The molecule has 1 atom stereocenters. The van der Waals surface area contributed by atoms with Gasteiger partial charge < -0.3 is 19.2 Å².